The van der Waals surface area contributed by atoms with Crippen LogP contribution in [0.4, 0.5) is 0 Å². The van der Waals surface area contributed by atoms with Crippen LogP contribution in [-0.4, -0.2) is 38.4 Å². The molecule has 1 atom stereocenters. The van der Waals surface area contributed by atoms with E-state index in [0.29, 0.717) is 31.1 Å². The molecule has 1 heterocycles. The number of ether oxygens (including phenoxy) is 3. The Balaban J connectivity index is 1.47. The van der Waals surface area contributed by atoms with Crippen LogP contribution in [-0.2, 0) is 4.74 Å². The largest absolute Gasteiger partial charge is 0.492 e. The third kappa shape index (κ3) is 5.22. The molecular formula is C20H23NO4. The Hall–Kier alpha value is -2.53. The van der Waals surface area contributed by atoms with Gasteiger partial charge in [0.15, 0.2) is 0 Å². The first-order chi connectivity index (χ1) is 12.3. The molecule has 25 heavy (non-hydrogen) atoms. The molecule has 1 fully saturated rings. The number of hydrogen-bond donors (Lipinski definition) is 1. The van der Waals surface area contributed by atoms with Gasteiger partial charge in [0.05, 0.1) is 18.2 Å². The second-order valence-corrected chi connectivity index (χ2v) is 5.86. The Morgan fingerprint density at radius 2 is 1.88 bits per heavy atom. The van der Waals surface area contributed by atoms with E-state index in [-0.39, 0.29) is 12.0 Å². The minimum atomic E-state index is -0.167. The third-order valence-electron chi connectivity index (χ3n) is 3.98. The molecule has 0 aromatic heterocycles. The van der Waals surface area contributed by atoms with Crippen LogP contribution < -0.4 is 14.8 Å². The molecular weight excluding hydrogens is 318 g/mol. The predicted molar refractivity (Wildman–Crippen MR) is 95.2 cm³/mol. The average molecular weight is 341 g/mol. The first-order valence-corrected chi connectivity index (χ1v) is 8.62. The van der Waals surface area contributed by atoms with Gasteiger partial charge in [-0.3, -0.25) is 4.79 Å². The smallest absolute Gasteiger partial charge is 0.255 e. The number of nitrogens with one attached hydrogen (secondary N) is 1. The fourth-order valence-electron chi connectivity index (χ4n) is 2.68. The first-order valence-electron chi connectivity index (χ1n) is 8.62. The van der Waals surface area contributed by atoms with Crippen LogP contribution >= 0.6 is 0 Å². The Bertz CT molecular complexity index is 668. The lowest BCUT2D eigenvalue weighted by Crippen LogP contribution is -2.28. The standard InChI is InChI=1S/C20H23NO4/c22-20(21-12-14-24-16-7-2-1-3-8-16)18-10-4-5-11-19(18)25-15-17-9-6-13-23-17/h1-5,7-8,10-11,17H,6,9,12-15H2,(H,21,22). The molecule has 0 saturated carbocycles. The number of amides is 1. The number of carbonyl (C=O) groups is 1. The molecule has 2 aromatic carbocycles. The second kappa shape index (κ2) is 9.08. The lowest BCUT2D eigenvalue weighted by molar-refractivity contribution is 0.0670. The highest BCUT2D eigenvalue weighted by atomic mass is 16.5. The van der Waals surface area contributed by atoms with Crippen LogP contribution in [0.2, 0.25) is 0 Å². The Morgan fingerprint density at radius 3 is 2.68 bits per heavy atom. The van der Waals surface area contributed by atoms with Crippen molar-refractivity contribution in [3.63, 3.8) is 0 Å². The molecule has 0 radical (unpaired) electrons. The summed E-state index contributed by atoms with van der Waals surface area (Å²) in [5.74, 6) is 1.20. The highest BCUT2D eigenvalue weighted by Crippen LogP contribution is 2.20. The topological polar surface area (TPSA) is 56.8 Å². The van der Waals surface area contributed by atoms with Crippen molar-refractivity contribution >= 4 is 5.91 Å². The Morgan fingerprint density at radius 1 is 1.08 bits per heavy atom. The van der Waals surface area contributed by atoms with E-state index in [0.717, 1.165) is 25.2 Å². The summed E-state index contributed by atoms with van der Waals surface area (Å²) in [6, 6.07) is 16.8. The van der Waals surface area contributed by atoms with Crippen LogP contribution in [0.1, 0.15) is 23.2 Å². The van der Waals surface area contributed by atoms with Gasteiger partial charge in [-0.05, 0) is 37.1 Å². The van der Waals surface area contributed by atoms with Crippen molar-refractivity contribution in [1.29, 1.82) is 0 Å². The van der Waals surface area contributed by atoms with Gasteiger partial charge >= 0.3 is 0 Å². The van der Waals surface area contributed by atoms with E-state index in [9.17, 15) is 4.79 Å². The predicted octanol–water partition coefficient (Wildman–Crippen LogP) is 3.05. The van der Waals surface area contributed by atoms with Crippen molar-refractivity contribution in [2.24, 2.45) is 0 Å². The van der Waals surface area contributed by atoms with Crippen LogP contribution in [0, 0.1) is 0 Å². The molecule has 3 rings (SSSR count). The number of rotatable bonds is 8. The van der Waals surface area contributed by atoms with Crippen LogP contribution in [0.5, 0.6) is 11.5 Å². The van der Waals surface area contributed by atoms with Gasteiger partial charge in [0.25, 0.3) is 5.91 Å². The molecule has 1 saturated heterocycles. The summed E-state index contributed by atoms with van der Waals surface area (Å²) in [6.45, 7) is 2.10. The zero-order chi connectivity index (χ0) is 17.3. The molecule has 1 aliphatic rings. The number of carbonyl (C=O) groups excluding carboxylic acids is 1. The molecule has 0 spiro atoms. The summed E-state index contributed by atoms with van der Waals surface area (Å²) in [5.41, 5.74) is 0.528. The Labute approximate surface area is 147 Å². The van der Waals surface area contributed by atoms with E-state index in [1.807, 2.05) is 48.5 Å². The second-order valence-electron chi connectivity index (χ2n) is 5.86. The number of benzene rings is 2. The third-order valence-corrected chi connectivity index (χ3v) is 3.98. The van der Waals surface area contributed by atoms with E-state index in [2.05, 4.69) is 5.32 Å². The van der Waals surface area contributed by atoms with Gasteiger partial charge in [0.2, 0.25) is 0 Å². The fraction of sp³-hybridized carbons (Fsp3) is 0.350. The molecule has 1 N–H and O–H groups in total. The molecule has 132 valence electrons. The van der Waals surface area contributed by atoms with Crippen molar-refractivity contribution in [3.8, 4) is 11.5 Å². The summed E-state index contributed by atoms with van der Waals surface area (Å²) >= 11 is 0. The summed E-state index contributed by atoms with van der Waals surface area (Å²) in [6.07, 6.45) is 2.19. The first kappa shape index (κ1) is 17.3. The maximum atomic E-state index is 12.4. The number of hydrogen-bond acceptors (Lipinski definition) is 4. The summed E-state index contributed by atoms with van der Waals surface area (Å²) in [5, 5.41) is 2.86. The van der Waals surface area contributed by atoms with E-state index in [1.165, 1.54) is 0 Å². The molecule has 1 amide bonds. The van der Waals surface area contributed by atoms with E-state index in [1.54, 1.807) is 6.07 Å². The monoisotopic (exact) mass is 341 g/mol. The summed E-state index contributed by atoms with van der Waals surface area (Å²) < 4.78 is 16.9. The zero-order valence-electron chi connectivity index (χ0n) is 14.1. The fourth-order valence-corrected chi connectivity index (χ4v) is 2.68. The van der Waals surface area contributed by atoms with Gasteiger partial charge in [0.1, 0.15) is 24.7 Å². The molecule has 2 aromatic rings. The minimum absolute atomic E-state index is 0.121. The quantitative estimate of drug-likeness (QED) is 0.750. The van der Waals surface area contributed by atoms with Crippen molar-refractivity contribution in [3.05, 3.63) is 60.2 Å². The van der Waals surface area contributed by atoms with E-state index < -0.39 is 0 Å². The van der Waals surface area contributed by atoms with Gasteiger partial charge in [-0.2, -0.15) is 0 Å². The minimum Gasteiger partial charge on any atom is -0.492 e. The average Bonchev–Trinajstić information content (AvgIpc) is 3.18. The highest BCUT2D eigenvalue weighted by molar-refractivity contribution is 5.96. The van der Waals surface area contributed by atoms with Crippen molar-refractivity contribution in [1.82, 2.24) is 5.32 Å². The lowest BCUT2D eigenvalue weighted by Gasteiger charge is -2.14. The van der Waals surface area contributed by atoms with Gasteiger partial charge < -0.3 is 19.5 Å². The summed E-state index contributed by atoms with van der Waals surface area (Å²) in [4.78, 5) is 12.4. The van der Waals surface area contributed by atoms with Gasteiger partial charge in [-0.25, -0.2) is 0 Å². The summed E-state index contributed by atoms with van der Waals surface area (Å²) in [7, 11) is 0. The SMILES string of the molecule is O=C(NCCOc1ccccc1)c1ccccc1OCC1CCCO1. The van der Waals surface area contributed by atoms with Crippen molar-refractivity contribution in [2.45, 2.75) is 18.9 Å². The van der Waals surface area contributed by atoms with Gasteiger partial charge in [-0.1, -0.05) is 30.3 Å². The highest BCUT2D eigenvalue weighted by Gasteiger charge is 2.18. The molecule has 1 aliphatic heterocycles. The number of para-hydroxylation sites is 2. The van der Waals surface area contributed by atoms with E-state index >= 15 is 0 Å². The van der Waals surface area contributed by atoms with Gasteiger partial charge in [-0.15, -0.1) is 0 Å². The molecule has 0 bridgehead atoms. The van der Waals surface area contributed by atoms with Crippen molar-refractivity contribution in [2.75, 3.05) is 26.4 Å². The van der Waals surface area contributed by atoms with Gasteiger partial charge in [0, 0.05) is 6.61 Å². The van der Waals surface area contributed by atoms with Crippen LogP contribution in [0.25, 0.3) is 0 Å². The molecule has 5 heteroatoms. The maximum Gasteiger partial charge on any atom is 0.255 e. The molecule has 1 unspecified atom stereocenters. The van der Waals surface area contributed by atoms with Crippen LogP contribution in [0.15, 0.2) is 54.6 Å². The molecule has 0 aliphatic carbocycles. The molecule has 5 nitrogen and oxygen atoms in total. The maximum absolute atomic E-state index is 12.4. The normalized spacial score (nSPS) is 16.4. The zero-order valence-corrected chi connectivity index (χ0v) is 14.1. The van der Waals surface area contributed by atoms with Crippen molar-refractivity contribution < 1.29 is 19.0 Å². The van der Waals surface area contributed by atoms with E-state index in [4.69, 9.17) is 14.2 Å². The van der Waals surface area contributed by atoms with Crippen LogP contribution in [0.3, 0.4) is 0 Å². The lowest BCUT2D eigenvalue weighted by atomic mass is 10.2. The Kier molecular flexibility index (Phi) is 6.29.